The van der Waals surface area contributed by atoms with Crippen LogP contribution in [0.15, 0.2) is 127 Å². The fourth-order valence-corrected chi connectivity index (χ4v) is 11.1. The van der Waals surface area contributed by atoms with Crippen LogP contribution in [0.3, 0.4) is 0 Å². The topological polar surface area (TPSA) is 204 Å². The van der Waals surface area contributed by atoms with Crippen molar-refractivity contribution in [2.45, 2.75) is 27.7 Å². The second kappa shape index (κ2) is 31.9. The average molecular weight is 1170 g/mol. The molecule has 0 aliphatic carbocycles. The number of carboxylic acids is 1. The van der Waals surface area contributed by atoms with Gasteiger partial charge in [-0.25, -0.2) is 0 Å². The molecule has 2 aliphatic rings. The molecule has 0 fully saturated rings. The second-order valence-electron chi connectivity index (χ2n) is 18.5. The predicted octanol–water partition coefficient (Wildman–Crippen LogP) is -0.897. The normalized spacial score (nSPS) is 15.9. The molecule has 1 radical (unpaired) electrons. The zero-order chi connectivity index (χ0) is 56.2. The summed E-state index contributed by atoms with van der Waals surface area (Å²) in [5.41, 5.74) is 8.34. The molecule has 0 saturated carbocycles. The van der Waals surface area contributed by atoms with Gasteiger partial charge in [-0.15, -0.1) is 16.6 Å². The number of hydrogen-bond donors (Lipinski definition) is 0. The van der Waals surface area contributed by atoms with Gasteiger partial charge in [0.25, 0.3) is 0 Å². The van der Waals surface area contributed by atoms with Crippen LogP contribution in [-0.2, 0) is 37.1 Å². The van der Waals surface area contributed by atoms with Gasteiger partial charge >= 0.3 is 95.1 Å². The third kappa shape index (κ3) is 17.1. The molecule has 8 rings (SSSR count). The number of hydrogen-bond acceptors (Lipinski definition) is 14. The van der Waals surface area contributed by atoms with Crippen molar-refractivity contribution in [2.75, 3.05) is 79.8 Å². The summed E-state index contributed by atoms with van der Waals surface area (Å²) >= 11 is 0. The molecule has 0 amide bonds. The van der Waals surface area contributed by atoms with Gasteiger partial charge < -0.3 is 70.5 Å². The van der Waals surface area contributed by atoms with Crippen molar-refractivity contribution in [3.63, 3.8) is 0 Å². The Balaban J connectivity index is 0.00000411. The number of methoxy groups -OCH3 is 2. The van der Waals surface area contributed by atoms with Crippen LogP contribution in [-0.4, -0.2) is 107 Å². The van der Waals surface area contributed by atoms with Gasteiger partial charge in [-0.1, -0.05) is 66.7 Å². The SMILES string of the molecule is CCOP(=O)([O-])COc1ccc2cc(/C=C/C3=[N+]4C(=C(c5ccc(C(=O)[O-])cc5)c5c(C)cc(/C=C/c6ccc7cc(OCP(=O)([O-])OCC)ccc7c6)n5[B-]4(C#CCOCCOC)C#CCOCC[O+]C)C(C)=C3)ccc2c1.[Na+].[Na+].[Na+]. The minimum Gasteiger partial charge on any atom is -0.776 e. The van der Waals surface area contributed by atoms with E-state index in [1.807, 2.05) is 86.7 Å². The maximum atomic E-state index is 12.2. The molecule has 6 aromatic rings. The van der Waals surface area contributed by atoms with E-state index in [0.29, 0.717) is 37.9 Å². The number of fused-ring (bicyclic) bond motifs is 4. The Morgan fingerprint density at radius 3 is 1.74 bits per heavy atom. The summed E-state index contributed by atoms with van der Waals surface area (Å²) in [5, 5.41) is 15.6. The van der Waals surface area contributed by atoms with Crippen LogP contribution >= 0.6 is 15.2 Å². The Morgan fingerprint density at radius 2 is 1.22 bits per heavy atom. The van der Waals surface area contributed by atoms with E-state index >= 15 is 0 Å². The van der Waals surface area contributed by atoms with E-state index < -0.39 is 40.3 Å². The first-order valence-corrected chi connectivity index (χ1v) is 29.1. The Hall–Kier alpha value is -4.08. The molecular weight excluding hydrogens is 1110 g/mol. The van der Waals surface area contributed by atoms with Gasteiger partial charge in [-0.05, 0) is 132 Å². The van der Waals surface area contributed by atoms with Gasteiger partial charge in [0.05, 0.1) is 38.0 Å². The van der Waals surface area contributed by atoms with Crippen molar-refractivity contribution in [1.82, 2.24) is 4.48 Å². The Labute approximate surface area is 545 Å². The molecule has 0 bridgehead atoms. The van der Waals surface area contributed by atoms with Crippen molar-refractivity contribution in [3.05, 3.63) is 166 Å². The average Bonchev–Trinajstić information content (AvgIpc) is 2.40. The fourth-order valence-electron chi connectivity index (χ4n) is 9.53. The first-order chi connectivity index (χ1) is 38.1. The molecule has 409 valence electrons. The number of carboxylic acid groups (broad SMARTS) is 1. The van der Waals surface area contributed by atoms with E-state index in [1.54, 1.807) is 76.6 Å². The van der Waals surface area contributed by atoms with E-state index in [-0.39, 0.29) is 121 Å². The predicted molar refractivity (Wildman–Crippen MR) is 302 cm³/mol. The monoisotopic (exact) mass is 1170 g/mol. The van der Waals surface area contributed by atoms with Crippen molar-refractivity contribution < 1.29 is 159 Å². The van der Waals surface area contributed by atoms with Gasteiger partial charge in [0.1, 0.15) is 31.3 Å². The number of carbonyl (C=O) groups is 1. The summed E-state index contributed by atoms with van der Waals surface area (Å²) in [6.07, 6.45) is 6.45. The third-order valence-electron chi connectivity index (χ3n) is 13.0. The molecule has 2 atom stereocenters. The summed E-state index contributed by atoms with van der Waals surface area (Å²) in [4.78, 5) is 36.5. The van der Waals surface area contributed by atoms with E-state index in [0.717, 1.165) is 77.7 Å². The summed E-state index contributed by atoms with van der Waals surface area (Å²) < 4.78 is 72.1. The smallest absolute Gasteiger partial charge is 0.776 e. The molecule has 22 heteroatoms. The number of aromatic nitrogens is 1. The van der Waals surface area contributed by atoms with Crippen LogP contribution in [0.4, 0.5) is 0 Å². The Kier molecular flexibility index (Phi) is 26.7. The molecule has 16 nitrogen and oxygen atoms in total. The summed E-state index contributed by atoms with van der Waals surface area (Å²) in [5.74, 6) is 13.5. The standard InChI is InChI=1S/C60H63BN2O14P2.3Na/c1-7-76-78(66,67)41-74-55-25-21-49-37-45(11-15-51(49)39-55)13-23-53-35-43(3)58-57(47-17-19-48(20-18-47)60(64)65)59-44(4)36-54(24-14-46-12-16-52-40-56(26-22-50(52)38-46)75-42-79(68,69)77-8-2)63(59)61(62(53)58,27-9-29-72-33-31-70-5)28-10-30-73-34-32-71-6;;;/h11-26,35-40H,7-8,29-34,41-42H2,1-6H3,(H,64,65)(H,66,67)(H,68,69);;;/q4*+1/p-3/b23-13+,24-14+;;;. The number of aromatic carboxylic acids is 1. The molecule has 2 aliphatic heterocycles. The zero-order valence-electron chi connectivity index (χ0n) is 47.9. The zero-order valence-corrected chi connectivity index (χ0v) is 55.6. The van der Waals surface area contributed by atoms with Crippen LogP contribution in [0.2, 0.25) is 0 Å². The maximum Gasteiger partial charge on any atom is 1.00 e. The molecule has 0 N–H and O–H groups in total. The van der Waals surface area contributed by atoms with E-state index in [4.69, 9.17) is 37.5 Å². The van der Waals surface area contributed by atoms with Gasteiger partial charge in [0, 0.05) is 36.2 Å². The number of aryl methyl sites for hydroxylation is 1. The van der Waals surface area contributed by atoms with Gasteiger partial charge in [-0.3, -0.25) is 0 Å². The molecule has 5 aromatic carbocycles. The van der Waals surface area contributed by atoms with E-state index in [2.05, 4.69) is 44.6 Å². The quantitative estimate of drug-likeness (QED) is 0.0237. The summed E-state index contributed by atoms with van der Waals surface area (Å²) in [6, 6.07) is 31.3. The summed E-state index contributed by atoms with van der Waals surface area (Å²) in [6.45, 7) is 8.86. The molecule has 0 saturated heterocycles. The molecule has 1 aromatic heterocycles. The van der Waals surface area contributed by atoms with Crippen molar-refractivity contribution in [1.29, 1.82) is 0 Å². The van der Waals surface area contributed by atoms with Crippen molar-refractivity contribution in [2.24, 2.45) is 0 Å². The minimum atomic E-state index is -4.15. The van der Waals surface area contributed by atoms with Crippen molar-refractivity contribution in [3.8, 4) is 35.0 Å². The number of nitrogens with zero attached hydrogens (tertiary/aromatic N) is 2. The van der Waals surface area contributed by atoms with Crippen LogP contribution in [0.5, 0.6) is 11.5 Å². The van der Waals surface area contributed by atoms with Crippen LogP contribution in [0.25, 0.3) is 45.3 Å². The number of ether oxygens (including phenoxy) is 6. The van der Waals surface area contributed by atoms with Gasteiger partial charge in [-0.2, -0.15) is 11.6 Å². The molecule has 0 spiro atoms. The van der Waals surface area contributed by atoms with Gasteiger partial charge in [0.15, 0.2) is 39.3 Å². The van der Waals surface area contributed by atoms with E-state index in [9.17, 15) is 28.8 Å². The minimum absolute atomic E-state index is 0. The number of rotatable bonds is 24. The number of carbonyl (C=O) groups excluding carboxylic acids is 1. The molecule has 3 heterocycles. The first kappa shape index (κ1) is 68.7. The number of allylic oxidation sites excluding steroid dienone is 3. The van der Waals surface area contributed by atoms with E-state index in [1.165, 1.54) is 0 Å². The Morgan fingerprint density at radius 1 is 0.695 bits per heavy atom. The van der Waals surface area contributed by atoms with Crippen molar-refractivity contribution >= 4 is 78.6 Å². The molecule has 82 heavy (non-hydrogen) atoms. The molecule has 2 unspecified atom stereocenters. The summed E-state index contributed by atoms with van der Waals surface area (Å²) in [7, 11) is -5.10. The maximum absolute atomic E-state index is 12.2. The van der Waals surface area contributed by atoms with Crippen LogP contribution < -0.4 is 113 Å². The third-order valence-corrected chi connectivity index (χ3v) is 15.2. The number of benzene rings is 5. The first-order valence-electron chi connectivity index (χ1n) is 25.6. The van der Waals surface area contributed by atoms with Crippen LogP contribution in [0, 0.1) is 30.4 Å². The van der Waals surface area contributed by atoms with Gasteiger partial charge in [0.2, 0.25) is 13.7 Å². The van der Waals surface area contributed by atoms with Crippen LogP contribution in [0.1, 0.15) is 64.8 Å². The largest absolute Gasteiger partial charge is 1.00 e. The Bertz CT molecular complexity index is 3640. The second-order valence-corrected chi connectivity index (χ2v) is 22.0. The fraction of sp³-hybridized carbons (Fsp3) is 0.267. The molecular formula is C60H60BN2Na3O14P2+.